The maximum absolute atomic E-state index is 12.1. The first kappa shape index (κ1) is 17.8. The minimum atomic E-state index is -0.454. The summed E-state index contributed by atoms with van der Waals surface area (Å²) in [7, 11) is 0. The van der Waals surface area contributed by atoms with Crippen LogP contribution in [0.5, 0.6) is 0 Å². The van der Waals surface area contributed by atoms with E-state index in [4.69, 9.17) is 10.5 Å². The average molecular weight is 318 g/mol. The van der Waals surface area contributed by atoms with Gasteiger partial charge in [-0.3, -0.25) is 0 Å². The van der Waals surface area contributed by atoms with Crippen LogP contribution in [0, 0.1) is 5.92 Å². The second kappa shape index (κ2) is 6.91. The zero-order chi connectivity index (χ0) is 17.2. The van der Waals surface area contributed by atoms with Gasteiger partial charge in [0.2, 0.25) is 0 Å². The fourth-order valence-electron chi connectivity index (χ4n) is 2.95. The predicted octanol–water partition coefficient (Wildman–Crippen LogP) is 4.07. The second-order valence-electron chi connectivity index (χ2n) is 7.82. The standard InChI is InChI=1S/C19H30N2O2/c1-13(2)14-6-8-15(9-7-14)17(20)16-10-11-21(12-16)18(22)23-19(3,4)5/h6-9,13,16-17H,10-12,20H2,1-5H3. The van der Waals surface area contributed by atoms with Crippen LogP contribution in [0.1, 0.15) is 64.1 Å². The maximum Gasteiger partial charge on any atom is 0.410 e. The van der Waals surface area contributed by atoms with Gasteiger partial charge in [0.25, 0.3) is 0 Å². The normalized spacial score (nSPS) is 20.0. The van der Waals surface area contributed by atoms with Gasteiger partial charge in [-0.1, -0.05) is 38.1 Å². The number of likely N-dealkylation sites (tertiary alicyclic amines) is 1. The lowest BCUT2D eigenvalue weighted by molar-refractivity contribution is 0.0286. The zero-order valence-electron chi connectivity index (χ0n) is 15.0. The summed E-state index contributed by atoms with van der Waals surface area (Å²) >= 11 is 0. The van der Waals surface area contributed by atoms with E-state index in [1.165, 1.54) is 5.56 Å². The highest BCUT2D eigenvalue weighted by molar-refractivity contribution is 5.68. The van der Waals surface area contributed by atoms with Crippen LogP contribution in [0.15, 0.2) is 24.3 Å². The van der Waals surface area contributed by atoms with Gasteiger partial charge < -0.3 is 15.4 Å². The van der Waals surface area contributed by atoms with Gasteiger partial charge in [-0.2, -0.15) is 0 Å². The first-order chi connectivity index (χ1) is 10.7. The van der Waals surface area contributed by atoms with Crippen LogP contribution < -0.4 is 5.73 Å². The molecule has 1 saturated heterocycles. The van der Waals surface area contributed by atoms with Crippen LogP contribution in [-0.4, -0.2) is 29.7 Å². The number of nitrogens with zero attached hydrogens (tertiary/aromatic N) is 1. The molecular weight excluding hydrogens is 288 g/mol. The molecule has 0 saturated carbocycles. The molecule has 0 radical (unpaired) electrons. The van der Waals surface area contributed by atoms with Crippen molar-refractivity contribution in [2.45, 2.75) is 58.6 Å². The van der Waals surface area contributed by atoms with Crippen LogP contribution in [0.3, 0.4) is 0 Å². The summed E-state index contributed by atoms with van der Waals surface area (Å²) in [6.45, 7) is 11.4. The fraction of sp³-hybridized carbons (Fsp3) is 0.632. The van der Waals surface area contributed by atoms with Crippen molar-refractivity contribution in [3.63, 3.8) is 0 Å². The number of rotatable bonds is 3. The lowest BCUT2D eigenvalue weighted by Gasteiger charge is -2.25. The molecule has 0 aromatic heterocycles. The summed E-state index contributed by atoms with van der Waals surface area (Å²) in [5.41, 5.74) is 8.45. The van der Waals surface area contributed by atoms with Crippen molar-refractivity contribution in [2.75, 3.05) is 13.1 Å². The molecule has 0 bridgehead atoms. The lowest BCUT2D eigenvalue weighted by atomic mass is 9.91. The highest BCUT2D eigenvalue weighted by atomic mass is 16.6. The Morgan fingerprint density at radius 2 is 1.78 bits per heavy atom. The Bertz CT molecular complexity index is 531. The predicted molar refractivity (Wildman–Crippen MR) is 93.4 cm³/mol. The van der Waals surface area contributed by atoms with Crippen LogP contribution in [0.4, 0.5) is 4.79 Å². The number of nitrogens with two attached hydrogens (primary N) is 1. The molecule has 4 heteroatoms. The van der Waals surface area contributed by atoms with E-state index >= 15 is 0 Å². The molecule has 2 rings (SSSR count). The van der Waals surface area contributed by atoms with Gasteiger partial charge >= 0.3 is 6.09 Å². The van der Waals surface area contributed by atoms with Crippen LogP contribution >= 0.6 is 0 Å². The van der Waals surface area contributed by atoms with Gasteiger partial charge in [-0.25, -0.2) is 4.79 Å². The van der Waals surface area contributed by atoms with Crippen LogP contribution in [0.25, 0.3) is 0 Å². The molecule has 2 N–H and O–H groups in total. The van der Waals surface area contributed by atoms with Gasteiger partial charge in [0.05, 0.1) is 0 Å². The van der Waals surface area contributed by atoms with Gasteiger partial charge in [-0.15, -0.1) is 0 Å². The van der Waals surface area contributed by atoms with E-state index in [-0.39, 0.29) is 18.1 Å². The van der Waals surface area contributed by atoms with E-state index in [0.29, 0.717) is 12.5 Å². The van der Waals surface area contributed by atoms with E-state index in [9.17, 15) is 4.79 Å². The third-order valence-electron chi connectivity index (χ3n) is 4.37. The molecule has 0 spiro atoms. The molecule has 2 atom stereocenters. The number of ether oxygens (including phenoxy) is 1. The summed E-state index contributed by atoms with van der Waals surface area (Å²) in [6.07, 6.45) is 0.689. The van der Waals surface area contributed by atoms with E-state index in [0.717, 1.165) is 18.5 Å². The minimum absolute atomic E-state index is 0.0383. The van der Waals surface area contributed by atoms with Gasteiger partial charge in [0.15, 0.2) is 0 Å². The summed E-state index contributed by atoms with van der Waals surface area (Å²) in [4.78, 5) is 13.9. The summed E-state index contributed by atoms with van der Waals surface area (Å²) in [6, 6.07) is 8.51. The fourth-order valence-corrected chi connectivity index (χ4v) is 2.95. The molecule has 23 heavy (non-hydrogen) atoms. The minimum Gasteiger partial charge on any atom is -0.444 e. The van der Waals surface area contributed by atoms with Gasteiger partial charge in [0.1, 0.15) is 5.60 Å². The van der Waals surface area contributed by atoms with Crippen molar-refractivity contribution in [3.8, 4) is 0 Å². The summed E-state index contributed by atoms with van der Waals surface area (Å²) < 4.78 is 5.44. The molecular formula is C19H30N2O2. The van der Waals surface area contributed by atoms with Crippen molar-refractivity contribution in [2.24, 2.45) is 11.7 Å². The lowest BCUT2D eigenvalue weighted by Crippen LogP contribution is -2.36. The van der Waals surface area contributed by atoms with E-state index < -0.39 is 5.60 Å². The van der Waals surface area contributed by atoms with E-state index in [2.05, 4.69) is 38.1 Å². The Kier molecular flexibility index (Phi) is 5.35. The molecule has 128 valence electrons. The van der Waals surface area contributed by atoms with Crippen molar-refractivity contribution in [1.29, 1.82) is 0 Å². The van der Waals surface area contributed by atoms with Crippen molar-refractivity contribution < 1.29 is 9.53 Å². The van der Waals surface area contributed by atoms with Gasteiger partial charge in [0, 0.05) is 19.1 Å². The summed E-state index contributed by atoms with van der Waals surface area (Å²) in [5.74, 6) is 0.807. The number of hydrogen-bond acceptors (Lipinski definition) is 3. The SMILES string of the molecule is CC(C)c1ccc(C(N)C2CCN(C(=O)OC(C)(C)C)C2)cc1. The molecule has 1 aromatic rings. The van der Waals surface area contributed by atoms with Crippen molar-refractivity contribution in [1.82, 2.24) is 4.90 Å². The molecule has 1 aliphatic heterocycles. The third-order valence-corrected chi connectivity index (χ3v) is 4.37. The Hall–Kier alpha value is -1.55. The first-order valence-electron chi connectivity index (χ1n) is 8.51. The number of carbonyl (C=O) groups is 1. The highest BCUT2D eigenvalue weighted by Crippen LogP contribution is 2.30. The van der Waals surface area contributed by atoms with Gasteiger partial charge in [-0.05, 0) is 50.2 Å². The molecule has 0 aliphatic carbocycles. The smallest absolute Gasteiger partial charge is 0.410 e. The van der Waals surface area contributed by atoms with E-state index in [1.54, 1.807) is 4.90 Å². The van der Waals surface area contributed by atoms with Crippen LogP contribution in [-0.2, 0) is 4.74 Å². The number of amides is 1. The molecule has 1 fully saturated rings. The Labute approximate surface area is 140 Å². The molecule has 4 nitrogen and oxygen atoms in total. The number of carbonyl (C=O) groups excluding carboxylic acids is 1. The topological polar surface area (TPSA) is 55.6 Å². The Morgan fingerprint density at radius 3 is 2.30 bits per heavy atom. The van der Waals surface area contributed by atoms with Crippen molar-refractivity contribution >= 4 is 6.09 Å². The quantitative estimate of drug-likeness (QED) is 0.914. The highest BCUT2D eigenvalue weighted by Gasteiger charge is 2.33. The second-order valence-corrected chi connectivity index (χ2v) is 7.82. The number of hydrogen-bond donors (Lipinski definition) is 1. The maximum atomic E-state index is 12.1. The monoisotopic (exact) mass is 318 g/mol. The number of benzene rings is 1. The molecule has 2 unspecified atom stereocenters. The third kappa shape index (κ3) is 4.71. The molecule has 1 aromatic carbocycles. The van der Waals surface area contributed by atoms with E-state index in [1.807, 2.05) is 20.8 Å². The first-order valence-corrected chi connectivity index (χ1v) is 8.51. The molecule has 1 aliphatic rings. The van der Waals surface area contributed by atoms with Crippen molar-refractivity contribution in [3.05, 3.63) is 35.4 Å². The zero-order valence-corrected chi connectivity index (χ0v) is 15.0. The molecule has 1 amide bonds. The summed E-state index contributed by atoms with van der Waals surface area (Å²) in [5, 5.41) is 0. The largest absolute Gasteiger partial charge is 0.444 e. The average Bonchev–Trinajstić information content (AvgIpc) is 2.94. The van der Waals surface area contributed by atoms with Crippen LogP contribution in [0.2, 0.25) is 0 Å². The Morgan fingerprint density at radius 1 is 1.22 bits per heavy atom. The Balaban J connectivity index is 1.96. The molecule has 1 heterocycles.